The predicted octanol–water partition coefficient (Wildman–Crippen LogP) is 5.92. The molecule has 3 heterocycles. The maximum Gasteiger partial charge on any atom is 0.195 e. The lowest BCUT2D eigenvalue weighted by molar-refractivity contribution is 0.205. The van der Waals surface area contributed by atoms with E-state index >= 15 is 0 Å². The highest BCUT2D eigenvalue weighted by molar-refractivity contribution is 7.24. The van der Waals surface area contributed by atoms with E-state index in [9.17, 15) is 4.79 Å². The van der Waals surface area contributed by atoms with Crippen molar-refractivity contribution < 1.29 is 9.47 Å². The first-order valence-corrected chi connectivity index (χ1v) is 14.3. The first kappa shape index (κ1) is 24.5. The molecule has 0 amide bonds. The van der Waals surface area contributed by atoms with Gasteiger partial charge in [-0.25, -0.2) is 0 Å². The zero-order valence-corrected chi connectivity index (χ0v) is 21.6. The van der Waals surface area contributed by atoms with Gasteiger partial charge in [0.1, 0.15) is 11.5 Å². The van der Waals surface area contributed by atoms with E-state index < -0.39 is 0 Å². The summed E-state index contributed by atoms with van der Waals surface area (Å²) < 4.78 is 14.0. The molecule has 2 aromatic carbocycles. The van der Waals surface area contributed by atoms with Gasteiger partial charge in [-0.3, -0.25) is 4.79 Å². The van der Waals surface area contributed by atoms with Crippen molar-refractivity contribution in [3.63, 3.8) is 0 Å². The normalized spacial score (nSPS) is 17.7. The molecule has 2 aliphatic rings. The second-order valence-corrected chi connectivity index (χ2v) is 11.0. The quantitative estimate of drug-likeness (QED) is 0.258. The molecule has 2 aliphatic heterocycles. The van der Waals surface area contributed by atoms with Crippen molar-refractivity contribution in [3.8, 4) is 11.5 Å². The second-order valence-electron chi connectivity index (χ2n) is 9.96. The maximum atomic E-state index is 13.1. The van der Waals surface area contributed by atoms with E-state index in [2.05, 4.69) is 9.80 Å². The van der Waals surface area contributed by atoms with E-state index in [1.807, 2.05) is 36.4 Å². The number of rotatable bonds is 10. The second kappa shape index (κ2) is 12.2. The third-order valence-electron chi connectivity index (χ3n) is 7.29. The molecule has 6 heteroatoms. The van der Waals surface area contributed by atoms with Crippen LogP contribution in [0.4, 0.5) is 0 Å². The van der Waals surface area contributed by atoms with Gasteiger partial charge in [0, 0.05) is 33.3 Å². The number of benzene rings is 2. The van der Waals surface area contributed by atoms with Crippen LogP contribution in [0.25, 0.3) is 20.2 Å². The summed E-state index contributed by atoms with van der Waals surface area (Å²) in [6.45, 7) is 8.52. The van der Waals surface area contributed by atoms with Gasteiger partial charge in [-0.05, 0) is 101 Å². The molecule has 0 spiro atoms. The fourth-order valence-electron chi connectivity index (χ4n) is 5.31. The van der Waals surface area contributed by atoms with E-state index in [0.29, 0.717) is 13.2 Å². The molecule has 0 atom stereocenters. The van der Waals surface area contributed by atoms with Crippen LogP contribution in [-0.2, 0) is 0 Å². The molecular weight excluding hydrogens is 456 g/mol. The molecule has 188 valence electrons. The molecule has 0 radical (unpaired) electrons. The van der Waals surface area contributed by atoms with Crippen molar-refractivity contribution in [2.45, 2.75) is 51.4 Å². The number of nitrogens with zero attached hydrogens (tertiary/aromatic N) is 2. The summed E-state index contributed by atoms with van der Waals surface area (Å²) in [5.74, 6) is 1.69. The van der Waals surface area contributed by atoms with Gasteiger partial charge in [-0.2, -0.15) is 0 Å². The number of hydrogen-bond donors (Lipinski definition) is 0. The van der Waals surface area contributed by atoms with Crippen LogP contribution in [0.5, 0.6) is 11.5 Å². The summed E-state index contributed by atoms with van der Waals surface area (Å²) in [5, 5.41) is 1.52. The van der Waals surface area contributed by atoms with Crippen molar-refractivity contribution in [2.75, 3.05) is 52.5 Å². The monoisotopic (exact) mass is 494 g/mol. The Morgan fingerprint density at radius 3 is 1.57 bits per heavy atom. The Kier molecular flexibility index (Phi) is 8.55. The van der Waals surface area contributed by atoms with Gasteiger partial charge in [0.05, 0.1) is 13.2 Å². The van der Waals surface area contributed by atoms with E-state index in [1.54, 1.807) is 11.3 Å². The molecule has 3 aromatic rings. The first-order valence-electron chi connectivity index (χ1n) is 13.5. The van der Waals surface area contributed by atoms with Gasteiger partial charge in [-0.1, -0.05) is 12.8 Å². The highest BCUT2D eigenvalue weighted by Gasteiger charge is 2.12. The molecule has 5 nitrogen and oxygen atoms in total. The molecule has 1 aromatic heterocycles. The van der Waals surface area contributed by atoms with Gasteiger partial charge < -0.3 is 19.3 Å². The number of fused-ring (bicyclic) bond motifs is 2. The van der Waals surface area contributed by atoms with Crippen molar-refractivity contribution in [1.29, 1.82) is 0 Å². The Balaban J connectivity index is 1.19. The van der Waals surface area contributed by atoms with Crippen LogP contribution in [0.15, 0.2) is 41.2 Å². The minimum atomic E-state index is 0.0852. The predicted molar refractivity (Wildman–Crippen MR) is 146 cm³/mol. The Morgan fingerprint density at radius 2 is 1.11 bits per heavy atom. The van der Waals surface area contributed by atoms with E-state index in [-0.39, 0.29) is 5.43 Å². The average molecular weight is 495 g/mol. The summed E-state index contributed by atoms with van der Waals surface area (Å²) in [4.78, 5) is 18.2. The molecule has 0 saturated carbocycles. The zero-order valence-electron chi connectivity index (χ0n) is 20.8. The summed E-state index contributed by atoms with van der Waals surface area (Å²) in [6.07, 6.45) is 10.1. The lowest BCUT2D eigenvalue weighted by atomic mass is 10.1. The topological polar surface area (TPSA) is 42.0 Å². The average Bonchev–Trinajstić information content (AvgIpc) is 2.90. The SMILES string of the molecule is O=c1c2ccc(OCCCN3CCCCC3)cc2sc2cc(OCCCN3CCCCC3)ccc12. The number of hydrogen-bond acceptors (Lipinski definition) is 6. The summed E-state index contributed by atoms with van der Waals surface area (Å²) in [6, 6.07) is 11.7. The molecular formula is C29H38N2O3S. The summed E-state index contributed by atoms with van der Waals surface area (Å²) >= 11 is 1.64. The van der Waals surface area contributed by atoms with Crippen LogP contribution in [0.2, 0.25) is 0 Å². The van der Waals surface area contributed by atoms with Crippen LogP contribution in [-0.4, -0.2) is 62.3 Å². The summed E-state index contributed by atoms with van der Waals surface area (Å²) in [7, 11) is 0. The number of piperidine rings is 2. The van der Waals surface area contributed by atoms with Gasteiger partial charge >= 0.3 is 0 Å². The lowest BCUT2D eigenvalue weighted by Gasteiger charge is -2.26. The highest BCUT2D eigenvalue weighted by Crippen LogP contribution is 2.30. The molecule has 2 fully saturated rings. The minimum Gasteiger partial charge on any atom is -0.493 e. The molecule has 5 rings (SSSR count). The van der Waals surface area contributed by atoms with E-state index in [0.717, 1.165) is 57.6 Å². The minimum absolute atomic E-state index is 0.0852. The molecule has 2 saturated heterocycles. The number of ether oxygens (including phenoxy) is 2. The van der Waals surface area contributed by atoms with Gasteiger partial charge in [0.15, 0.2) is 5.43 Å². The third-order valence-corrected chi connectivity index (χ3v) is 8.40. The molecule has 35 heavy (non-hydrogen) atoms. The first-order chi connectivity index (χ1) is 17.3. The molecule has 0 aliphatic carbocycles. The van der Waals surface area contributed by atoms with Crippen LogP contribution in [0, 0.1) is 0 Å². The Hall–Kier alpha value is -2.15. The van der Waals surface area contributed by atoms with Crippen molar-refractivity contribution in [3.05, 3.63) is 46.6 Å². The standard InChI is InChI=1S/C29H38N2O3S/c32-29-25-11-9-23(33-19-7-17-30-13-3-1-4-14-30)21-27(25)35-28-22-24(10-12-26(28)29)34-20-8-18-31-15-5-2-6-16-31/h9-12,21-22H,1-8,13-20H2. The van der Waals surface area contributed by atoms with Gasteiger partial charge in [-0.15, -0.1) is 11.3 Å². The molecule has 0 N–H and O–H groups in total. The van der Waals surface area contributed by atoms with Gasteiger partial charge in [0.25, 0.3) is 0 Å². The van der Waals surface area contributed by atoms with Crippen molar-refractivity contribution >= 4 is 31.5 Å². The molecule has 0 bridgehead atoms. The van der Waals surface area contributed by atoms with Crippen molar-refractivity contribution in [2.24, 2.45) is 0 Å². The maximum absolute atomic E-state index is 13.1. The van der Waals surface area contributed by atoms with Gasteiger partial charge in [0.2, 0.25) is 0 Å². The van der Waals surface area contributed by atoms with Crippen LogP contribution >= 0.6 is 11.3 Å². The van der Waals surface area contributed by atoms with Crippen LogP contribution in [0.3, 0.4) is 0 Å². The van der Waals surface area contributed by atoms with E-state index in [4.69, 9.17) is 9.47 Å². The largest absolute Gasteiger partial charge is 0.493 e. The van der Waals surface area contributed by atoms with Crippen LogP contribution in [0.1, 0.15) is 51.4 Å². The summed E-state index contributed by atoms with van der Waals surface area (Å²) in [5.41, 5.74) is 0.0852. The third kappa shape index (κ3) is 6.54. The molecule has 0 unspecified atom stereocenters. The van der Waals surface area contributed by atoms with Crippen molar-refractivity contribution in [1.82, 2.24) is 9.80 Å². The smallest absolute Gasteiger partial charge is 0.195 e. The lowest BCUT2D eigenvalue weighted by Crippen LogP contribution is -2.31. The van der Waals surface area contributed by atoms with E-state index in [1.165, 1.54) is 64.7 Å². The Labute approximate surface area is 212 Å². The fraction of sp³-hybridized carbons (Fsp3) is 0.552. The highest BCUT2D eigenvalue weighted by atomic mass is 32.1. The number of likely N-dealkylation sites (tertiary alicyclic amines) is 2. The Bertz CT molecular complexity index is 1080. The zero-order chi connectivity index (χ0) is 23.9. The Morgan fingerprint density at radius 1 is 0.657 bits per heavy atom. The van der Waals surface area contributed by atoms with Crippen LogP contribution < -0.4 is 14.9 Å². The fourth-order valence-corrected chi connectivity index (χ4v) is 6.44.